The van der Waals surface area contributed by atoms with Gasteiger partial charge in [-0.25, -0.2) is 0 Å². The quantitative estimate of drug-likeness (QED) is 0.755. The molecule has 0 bridgehead atoms. The average Bonchev–Trinajstić information content (AvgIpc) is 2.02. The second kappa shape index (κ2) is 4.85. The second-order valence-corrected chi connectivity index (χ2v) is 4.45. The van der Waals surface area contributed by atoms with Crippen LogP contribution in [0.1, 0.15) is 19.4 Å². The lowest BCUT2D eigenvalue weighted by Gasteiger charge is -2.25. The van der Waals surface area contributed by atoms with Crippen molar-refractivity contribution in [3.05, 3.63) is 35.9 Å². The first kappa shape index (κ1) is 11.6. The Balaban J connectivity index is 2.59. The van der Waals surface area contributed by atoms with Gasteiger partial charge in [-0.15, -0.1) is 0 Å². The van der Waals surface area contributed by atoms with Crippen molar-refractivity contribution in [2.24, 2.45) is 0 Å². The summed E-state index contributed by atoms with van der Waals surface area (Å²) in [5, 5.41) is 0. The molecule has 0 saturated heterocycles. The fourth-order valence-corrected chi connectivity index (χ4v) is 1.85. The Morgan fingerprint density at radius 2 is 1.79 bits per heavy atom. The molecule has 0 heterocycles. The maximum absolute atomic E-state index is 8.76. The summed E-state index contributed by atoms with van der Waals surface area (Å²) in [5.74, 6) is 0. The first-order valence-corrected chi connectivity index (χ1v) is 5.57. The summed E-state index contributed by atoms with van der Waals surface area (Å²) in [6, 6.07) is 9.82. The average molecular weight is 214 g/mol. The molecule has 14 heavy (non-hydrogen) atoms. The molecule has 0 aliphatic heterocycles. The molecule has 0 aliphatic carbocycles. The van der Waals surface area contributed by atoms with E-state index in [0.717, 1.165) is 5.56 Å². The minimum Gasteiger partial charge on any atom is -0.328 e. The molecule has 0 aliphatic rings. The maximum atomic E-state index is 8.76. The highest BCUT2D eigenvalue weighted by Gasteiger charge is 2.22. The van der Waals surface area contributed by atoms with Gasteiger partial charge in [0, 0.05) is 6.42 Å². The molecule has 1 rings (SSSR count). The largest absolute Gasteiger partial charge is 0.328 e. The van der Waals surface area contributed by atoms with Crippen molar-refractivity contribution in [2.45, 2.75) is 25.9 Å². The van der Waals surface area contributed by atoms with Crippen molar-refractivity contribution in [3.8, 4) is 0 Å². The standard InChI is InChI=1S/C10H15O3P/c1-10(2,13-14(11)12)8-9-6-4-3-5-7-9/h3-7,11-12H,8H2,1-2H3. The minimum absolute atomic E-state index is 0.545. The third-order valence-electron chi connectivity index (χ3n) is 1.80. The summed E-state index contributed by atoms with van der Waals surface area (Å²) in [6.45, 7) is 3.67. The Morgan fingerprint density at radius 3 is 2.29 bits per heavy atom. The van der Waals surface area contributed by atoms with Crippen molar-refractivity contribution in [1.82, 2.24) is 0 Å². The number of hydrogen-bond acceptors (Lipinski definition) is 3. The highest BCUT2D eigenvalue weighted by molar-refractivity contribution is 7.39. The fourth-order valence-electron chi connectivity index (χ4n) is 1.34. The lowest BCUT2D eigenvalue weighted by molar-refractivity contribution is 0.0910. The van der Waals surface area contributed by atoms with Crippen molar-refractivity contribution in [3.63, 3.8) is 0 Å². The van der Waals surface area contributed by atoms with E-state index < -0.39 is 14.2 Å². The van der Waals surface area contributed by atoms with Crippen LogP contribution in [-0.4, -0.2) is 15.4 Å². The minimum atomic E-state index is -2.28. The molecule has 1 aromatic carbocycles. The van der Waals surface area contributed by atoms with Crippen LogP contribution in [0.25, 0.3) is 0 Å². The van der Waals surface area contributed by atoms with E-state index in [1.54, 1.807) is 0 Å². The van der Waals surface area contributed by atoms with E-state index in [-0.39, 0.29) is 0 Å². The van der Waals surface area contributed by atoms with Crippen molar-refractivity contribution in [2.75, 3.05) is 0 Å². The predicted molar refractivity (Wildman–Crippen MR) is 56.7 cm³/mol. The third kappa shape index (κ3) is 4.16. The van der Waals surface area contributed by atoms with E-state index in [9.17, 15) is 0 Å². The van der Waals surface area contributed by atoms with E-state index in [2.05, 4.69) is 0 Å². The summed E-state index contributed by atoms with van der Waals surface area (Å²) in [5.41, 5.74) is 0.575. The van der Waals surface area contributed by atoms with Crippen molar-refractivity contribution < 1.29 is 14.3 Å². The Hall–Kier alpha value is -0.470. The second-order valence-electron chi connectivity index (χ2n) is 3.77. The molecule has 2 N–H and O–H groups in total. The Kier molecular flexibility index (Phi) is 4.02. The zero-order chi connectivity index (χ0) is 10.6. The maximum Gasteiger partial charge on any atom is 0.327 e. The molecule has 0 unspecified atom stereocenters. The van der Waals surface area contributed by atoms with Crippen molar-refractivity contribution in [1.29, 1.82) is 0 Å². The molecule has 0 aromatic heterocycles. The van der Waals surface area contributed by atoms with Gasteiger partial charge >= 0.3 is 8.60 Å². The monoisotopic (exact) mass is 214 g/mol. The molecule has 0 saturated carbocycles. The van der Waals surface area contributed by atoms with Gasteiger partial charge in [-0.3, -0.25) is 0 Å². The molecular weight excluding hydrogens is 199 g/mol. The molecule has 1 aromatic rings. The molecule has 0 fully saturated rings. The van der Waals surface area contributed by atoms with Crippen LogP contribution in [0.15, 0.2) is 30.3 Å². The van der Waals surface area contributed by atoms with Crippen LogP contribution in [0, 0.1) is 0 Å². The SMILES string of the molecule is CC(C)(Cc1ccccc1)OP(O)O. The normalized spacial score (nSPS) is 12.1. The molecule has 4 heteroatoms. The molecule has 0 spiro atoms. The van der Waals surface area contributed by atoms with Gasteiger partial charge in [0.25, 0.3) is 0 Å². The smallest absolute Gasteiger partial charge is 0.327 e. The molecule has 3 nitrogen and oxygen atoms in total. The highest BCUT2D eigenvalue weighted by Crippen LogP contribution is 2.33. The zero-order valence-electron chi connectivity index (χ0n) is 8.34. The summed E-state index contributed by atoms with van der Waals surface area (Å²) in [6.07, 6.45) is 0.661. The Morgan fingerprint density at radius 1 is 1.21 bits per heavy atom. The van der Waals surface area contributed by atoms with Gasteiger partial charge < -0.3 is 14.3 Å². The zero-order valence-corrected chi connectivity index (χ0v) is 9.24. The van der Waals surface area contributed by atoms with Gasteiger partial charge in [0.05, 0.1) is 5.60 Å². The summed E-state index contributed by atoms with van der Waals surface area (Å²) < 4.78 is 5.02. The van der Waals surface area contributed by atoms with E-state index in [1.165, 1.54) is 0 Å². The van der Waals surface area contributed by atoms with Gasteiger partial charge in [0.1, 0.15) is 0 Å². The van der Waals surface area contributed by atoms with Crippen LogP contribution in [0.3, 0.4) is 0 Å². The summed E-state index contributed by atoms with van der Waals surface area (Å²) >= 11 is 0. The summed E-state index contributed by atoms with van der Waals surface area (Å²) in [7, 11) is -2.28. The topological polar surface area (TPSA) is 49.7 Å². The van der Waals surface area contributed by atoms with Crippen LogP contribution in [0.5, 0.6) is 0 Å². The van der Waals surface area contributed by atoms with Gasteiger partial charge in [0.15, 0.2) is 0 Å². The number of hydrogen-bond donors (Lipinski definition) is 2. The fraction of sp³-hybridized carbons (Fsp3) is 0.400. The van der Waals surface area contributed by atoms with Gasteiger partial charge in [-0.1, -0.05) is 30.3 Å². The van der Waals surface area contributed by atoms with E-state index >= 15 is 0 Å². The molecule has 0 amide bonds. The lowest BCUT2D eigenvalue weighted by atomic mass is 9.99. The van der Waals surface area contributed by atoms with Gasteiger partial charge in [0.2, 0.25) is 0 Å². The summed E-state index contributed by atoms with van der Waals surface area (Å²) in [4.78, 5) is 17.5. The third-order valence-corrected chi connectivity index (χ3v) is 2.46. The van der Waals surface area contributed by atoms with Gasteiger partial charge in [-0.2, -0.15) is 0 Å². The molecule has 0 radical (unpaired) electrons. The predicted octanol–water partition coefficient (Wildman–Crippen LogP) is 2.24. The molecule has 0 atom stereocenters. The van der Waals surface area contributed by atoms with E-state index in [1.807, 2.05) is 44.2 Å². The van der Waals surface area contributed by atoms with E-state index in [4.69, 9.17) is 14.3 Å². The first-order valence-electron chi connectivity index (χ1n) is 4.40. The molecule has 78 valence electrons. The Labute approximate surface area is 85.4 Å². The van der Waals surface area contributed by atoms with Gasteiger partial charge in [-0.05, 0) is 19.4 Å². The lowest BCUT2D eigenvalue weighted by Crippen LogP contribution is -2.25. The van der Waals surface area contributed by atoms with E-state index in [0.29, 0.717) is 6.42 Å². The number of rotatable bonds is 4. The van der Waals surface area contributed by atoms with Crippen LogP contribution in [0.4, 0.5) is 0 Å². The van der Waals surface area contributed by atoms with Crippen LogP contribution in [-0.2, 0) is 10.9 Å². The molecular formula is C10H15O3P. The van der Waals surface area contributed by atoms with Crippen LogP contribution < -0.4 is 0 Å². The van der Waals surface area contributed by atoms with Crippen LogP contribution in [0.2, 0.25) is 0 Å². The Bertz CT molecular complexity index is 272. The highest BCUT2D eigenvalue weighted by atomic mass is 31.2. The first-order chi connectivity index (χ1) is 6.49. The van der Waals surface area contributed by atoms with Crippen molar-refractivity contribution >= 4 is 8.60 Å². The van der Waals surface area contributed by atoms with Crippen LogP contribution >= 0.6 is 8.60 Å². The number of benzene rings is 1.